The summed E-state index contributed by atoms with van der Waals surface area (Å²) in [4.78, 5) is 4.69. The van der Waals surface area contributed by atoms with Crippen molar-refractivity contribution < 1.29 is 9.47 Å². The van der Waals surface area contributed by atoms with E-state index in [1.165, 1.54) is 55.6 Å². The van der Waals surface area contributed by atoms with Gasteiger partial charge >= 0.3 is 0 Å². The molecule has 10 rings (SSSR count). The van der Waals surface area contributed by atoms with Gasteiger partial charge in [0.2, 0.25) is 0 Å². The van der Waals surface area contributed by atoms with Gasteiger partial charge in [-0.25, -0.2) is 0 Å². The molecule has 0 bridgehead atoms. The van der Waals surface area contributed by atoms with E-state index in [9.17, 15) is 0 Å². The fourth-order valence-corrected chi connectivity index (χ4v) is 9.56. The van der Waals surface area contributed by atoms with Crippen LogP contribution in [0.5, 0.6) is 0 Å². The third kappa shape index (κ3) is 13.3. The fraction of sp³-hybridized carbons (Fsp3) is 0.111. The number of ether oxygens (including phenoxy) is 2. The van der Waals surface area contributed by atoms with Crippen molar-refractivity contribution in [3.05, 3.63) is 312 Å². The highest BCUT2D eigenvalue weighted by atomic mass is 16.5. The maximum absolute atomic E-state index is 6.07. The van der Waals surface area contributed by atoms with E-state index in [0.29, 0.717) is 26.4 Å². The van der Waals surface area contributed by atoms with Gasteiger partial charge in [0.25, 0.3) is 0 Å². The summed E-state index contributed by atoms with van der Waals surface area (Å²) >= 11 is 0. The molecular weight excluding hydrogens is 925 g/mol. The van der Waals surface area contributed by atoms with Gasteiger partial charge in [-0.1, -0.05) is 207 Å². The first-order valence-electron chi connectivity index (χ1n) is 26.4. The number of hydrogen-bond donors (Lipinski definition) is 0. The Morgan fingerprint density at radius 3 is 0.803 bits per heavy atom. The lowest BCUT2D eigenvalue weighted by Crippen LogP contribution is -2.10. The minimum Gasteiger partial charge on any atom is -0.376 e. The zero-order valence-electron chi connectivity index (χ0n) is 43.2. The second kappa shape index (κ2) is 25.4. The number of rotatable bonds is 23. The van der Waals surface area contributed by atoms with Crippen molar-refractivity contribution in [2.75, 3.05) is 23.0 Å². The minimum absolute atomic E-state index is 0.594. The maximum atomic E-state index is 6.07. The SMILES string of the molecule is C=Cc1ccc(COCCc2ccc(N(c3ccc(CCc4ccc(N(c5ccc(CCOCc6ccc(C=C)cc6)cc5)c5ccc(-c6ccccc6)cc5)cc4)cc3)c3ccc(-c4ccccc4)cc3)cc2)cc1. The van der Waals surface area contributed by atoms with Gasteiger partial charge in [-0.15, -0.1) is 0 Å². The molecule has 0 N–H and O–H groups in total. The Balaban J connectivity index is 0.814. The van der Waals surface area contributed by atoms with Gasteiger partial charge in [-0.3, -0.25) is 0 Å². The molecule has 0 unspecified atom stereocenters. The van der Waals surface area contributed by atoms with E-state index in [-0.39, 0.29) is 0 Å². The molecule has 0 saturated carbocycles. The summed E-state index contributed by atoms with van der Waals surface area (Å²) < 4.78 is 12.1. The zero-order chi connectivity index (χ0) is 51.7. The van der Waals surface area contributed by atoms with Crippen LogP contribution in [0.2, 0.25) is 0 Å². The molecule has 0 saturated heterocycles. The average molecular weight is 989 g/mol. The van der Waals surface area contributed by atoms with Crippen LogP contribution in [0.4, 0.5) is 34.1 Å². The molecule has 0 atom stereocenters. The van der Waals surface area contributed by atoms with E-state index in [1.807, 2.05) is 12.2 Å². The summed E-state index contributed by atoms with van der Waals surface area (Å²) in [6, 6.07) is 91.6. The maximum Gasteiger partial charge on any atom is 0.0717 e. The molecule has 0 aliphatic heterocycles. The first-order chi connectivity index (χ1) is 37.5. The predicted molar refractivity (Wildman–Crippen MR) is 320 cm³/mol. The molecule has 0 radical (unpaired) electrons. The predicted octanol–water partition coefficient (Wildman–Crippen LogP) is 18.5. The van der Waals surface area contributed by atoms with Gasteiger partial charge in [0.05, 0.1) is 26.4 Å². The molecule has 4 heteroatoms. The fourth-order valence-electron chi connectivity index (χ4n) is 9.56. The Morgan fingerprint density at radius 1 is 0.263 bits per heavy atom. The Kier molecular flexibility index (Phi) is 17.0. The van der Waals surface area contributed by atoms with E-state index < -0.39 is 0 Å². The first-order valence-corrected chi connectivity index (χ1v) is 26.4. The highest BCUT2D eigenvalue weighted by molar-refractivity contribution is 5.80. The summed E-state index contributed by atoms with van der Waals surface area (Å²) in [5.74, 6) is 0. The number of anilines is 6. The minimum atomic E-state index is 0.594. The van der Waals surface area contributed by atoms with Crippen LogP contribution in [0.25, 0.3) is 34.4 Å². The molecule has 374 valence electrons. The number of hydrogen-bond acceptors (Lipinski definition) is 4. The summed E-state index contributed by atoms with van der Waals surface area (Å²) in [7, 11) is 0. The topological polar surface area (TPSA) is 24.9 Å². The van der Waals surface area contributed by atoms with E-state index in [1.54, 1.807) is 0 Å². The second-order valence-electron chi connectivity index (χ2n) is 19.2. The molecule has 0 amide bonds. The van der Waals surface area contributed by atoms with Gasteiger partial charge in [-0.2, -0.15) is 0 Å². The van der Waals surface area contributed by atoms with Gasteiger partial charge in [0, 0.05) is 34.1 Å². The third-order valence-electron chi connectivity index (χ3n) is 14.0. The van der Waals surface area contributed by atoms with Crippen LogP contribution in [0.15, 0.2) is 268 Å². The van der Waals surface area contributed by atoms with Gasteiger partial charge in [0.1, 0.15) is 0 Å². The van der Waals surface area contributed by atoms with Crippen LogP contribution in [0, 0.1) is 0 Å². The van der Waals surface area contributed by atoms with Crippen molar-refractivity contribution in [2.24, 2.45) is 0 Å². The van der Waals surface area contributed by atoms with Crippen LogP contribution in [-0.2, 0) is 48.4 Å². The van der Waals surface area contributed by atoms with Crippen molar-refractivity contribution in [3.8, 4) is 22.3 Å². The smallest absolute Gasteiger partial charge is 0.0717 e. The van der Waals surface area contributed by atoms with Crippen LogP contribution in [-0.4, -0.2) is 13.2 Å². The van der Waals surface area contributed by atoms with E-state index in [4.69, 9.17) is 9.47 Å². The van der Waals surface area contributed by atoms with Crippen LogP contribution in [0.1, 0.15) is 44.5 Å². The lowest BCUT2D eigenvalue weighted by Gasteiger charge is -2.26. The summed E-state index contributed by atoms with van der Waals surface area (Å²) in [5, 5.41) is 0. The van der Waals surface area contributed by atoms with Crippen molar-refractivity contribution in [2.45, 2.75) is 38.9 Å². The Hall–Kier alpha value is -8.80. The van der Waals surface area contributed by atoms with Crippen LogP contribution in [0.3, 0.4) is 0 Å². The Bertz CT molecular complexity index is 3140. The summed E-state index contributed by atoms with van der Waals surface area (Å²) in [6.07, 6.45) is 7.27. The molecule has 0 aliphatic rings. The van der Waals surface area contributed by atoms with Crippen LogP contribution >= 0.6 is 0 Å². The number of benzene rings is 10. The molecular formula is C72H64N2O2. The van der Waals surface area contributed by atoms with Crippen molar-refractivity contribution in [3.63, 3.8) is 0 Å². The van der Waals surface area contributed by atoms with Gasteiger partial charge in [-0.05, 0) is 165 Å². The van der Waals surface area contributed by atoms with Crippen molar-refractivity contribution in [1.29, 1.82) is 0 Å². The molecule has 76 heavy (non-hydrogen) atoms. The largest absolute Gasteiger partial charge is 0.376 e. The molecule has 0 fully saturated rings. The Morgan fingerprint density at radius 2 is 0.513 bits per heavy atom. The molecule has 4 nitrogen and oxygen atoms in total. The van der Waals surface area contributed by atoms with Gasteiger partial charge in [0.15, 0.2) is 0 Å². The zero-order valence-corrected chi connectivity index (χ0v) is 43.2. The molecule has 10 aromatic rings. The highest BCUT2D eigenvalue weighted by Gasteiger charge is 2.16. The third-order valence-corrected chi connectivity index (χ3v) is 14.0. The second-order valence-corrected chi connectivity index (χ2v) is 19.2. The summed E-state index contributed by atoms with van der Waals surface area (Å²) in [6.45, 7) is 10.2. The molecule has 10 aromatic carbocycles. The average Bonchev–Trinajstić information content (AvgIpc) is 3.51. The standard InChI is InChI=1S/C72H64N2O2/c1-3-55-15-21-61(22-16-55)53-75-51-49-59-29-41-69(42-30-59)73(71-45-33-65(34-46-71)63-11-7-5-8-12-63)67-37-25-57(26-38-67)19-20-58-27-39-68(40-28-58)74(72-47-35-66(36-48-72)64-13-9-6-10-14-64)70-43-31-60(32-44-70)50-52-76-54-62-23-17-56(4-2)18-24-62/h3-18,21-48H,1-2,19-20,49-54H2. The lowest BCUT2D eigenvalue weighted by molar-refractivity contribution is 0.124. The monoisotopic (exact) mass is 988 g/mol. The summed E-state index contributed by atoms with van der Waals surface area (Å²) in [5.41, 5.74) is 21.1. The number of nitrogens with zero attached hydrogens (tertiary/aromatic N) is 2. The van der Waals surface area contributed by atoms with E-state index in [2.05, 4.69) is 278 Å². The lowest BCUT2D eigenvalue weighted by atomic mass is 10.0. The molecule has 0 heterocycles. The van der Waals surface area contributed by atoms with Crippen molar-refractivity contribution in [1.82, 2.24) is 0 Å². The van der Waals surface area contributed by atoms with E-state index in [0.717, 1.165) is 70.9 Å². The normalized spacial score (nSPS) is 11.0. The van der Waals surface area contributed by atoms with Crippen molar-refractivity contribution >= 4 is 46.3 Å². The van der Waals surface area contributed by atoms with Gasteiger partial charge < -0.3 is 19.3 Å². The number of aryl methyl sites for hydroxylation is 2. The molecule has 0 aromatic heterocycles. The van der Waals surface area contributed by atoms with E-state index >= 15 is 0 Å². The highest BCUT2D eigenvalue weighted by Crippen LogP contribution is 2.38. The molecule has 0 spiro atoms. The first kappa shape index (κ1) is 50.7. The Labute approximate surface area is 450 Å². The molecule has 0 aliphatic carbocycles. The quantitative estimate of drug-likeness (QED) is 0.0596. The van der Waals surface area contributed by atoms with Crippen LogP contribution < -0.4 is 9.80 Å².